The highest BCUT2D eigenvalue weighted by molar-refractivity contribution is 5.95. The van der Waals surface area contributed by atoms with Crippen LogP contribution in [0.2, 0.25) is 0 Å². The highest BCUT2D eigenvalue weighted by Gasteiger charge is 2.08. The minimum absolute atomic E-state index is 0.175. The zero-order valence-electron chi connectivity index (χ0n) is 11.2. The molecule has 0 aliphatic heterocycles. The van der Waals surface area contributed by atoms with Crippen LogP contribution >= 0.6 is 0 Å². The van der Waals surface area contributed by atoms with Gasteiger partial charge in [0.2, 0.25) is 11.9 Å². The molecule has 2 rings (SSSR count). The summed E-state index contributed by atoms with van der Waals surface area (Å²) in [6, 6.07) is 7.66. The van der Waals surface area contributed by atoms with Gasteiger partial charge in [0.25, 0.3) is 0 Å². The number of carbonyl (C=O) groups is 2. The number of aromatic nitrogens is 2. The van der Waals surface area contributed by atoms with Crippen molar-refractivity contribution < 1.29 is 14.3 Å². The van der Waals surface area contributed by atoms with Gasteiger partial charge < -0.3 is 15.8 Å². The number of carbonyl (C=O) groups excluding carboxylic acids is 2. The highest BCUT2D eigenvalue weighted by Crippen LogP contribution is 2.05. The molecule has 21 heavy (non-hydrogen) atoms. The van der Waals surface area contributed by atoms with Gasteiger partial charge in [0, 0.05) is 18.0 Å². The lowest BCUT2D eigenvalue weighted by molar-refractivity contribution is 0.0520. The maximum absolute atomic E-state index is 11.7. The number of nitrogens with zero attached hydrogens (tertiary/aromatic N) is 2. The number of hydrogen-bond acceptors (Lipinski definition) is 6. The van der Waals surface area contributed by atoms with Crippen molar-refractivity contribution in [3.05, 3.63) is 53.9 Å². The van der Waals surface area contributed by atoms with E-state index in [1.54, 1.807) is 18.5 Å². The number of rotatable bonds is 6. The molecule has 1 amide bonds. The normalized spacial score (nSPS) is 9.90. The number of nitrogens with two attached hydrogens (primary N) is 1. The second kappa shape index (κ2) is 6.99. The van der Waals surface area contributed by atoms with Gasteiger partial charge in [-0.2, -0.15) is 0 Å². The van der Waals surface area contributed by atoms with Crippen LogP contribution in [0.25, 0.3) is 0 Å². The summed E-state index contributed by atoms with van der Waals surface area (Å²) in [6.07, 6.45) is 3.23. The molecule has 0 unspecified atom stereocenters. The molecule has 1 aromatic carbocycles. The van der Waals surface area contributed by atoms with Gasteiger partial charge in [0.15, 0.2) is 0 Å². The summed E-state index contributed by atoms with van der Waals surface area (Å²) in [5.74, 6) is -0.539. The van der Waals surface area contributed by atoms with Crippen LogP contribution in [-0.2, 0) is 4.74 Å². The number of primary amides is 1. The van der Waals surface area contributed by atoms with Gasteiger partial charge in [-0.25, -0.2) is 14.8 Å². The first kappa shape index (κ1) is 14.4. The largest absolute Gasteiger partial charge is 0.460 e. The molecule has 0 fully saturated rings. The second-order valence-corrected chi connectivity index (χ2v) is 4.08. The number of ether oxygens (including phenoxy) is 1. The molecule has 2 aromatic rings. The lowest BCUT2D eigenvalue weighted by atomic mass is 10.1. The fourth-order valence-electron chi connectivity index (χ4n) is 1.55. The molecule has 0 saturated carbocycles. The van der Waals surface area contributed by atoms with Crippen molar-refractivity contribution in [3.63, 3.8) is 0 Å². The highest BCUT2D eigenvalue weighted by atomic mass is 16.5. The Kier molecular flexibility index (Phi) is 4.81. The zero-order valence-corrected chi connectivity index (χ0v) is 11.2. The summed E-state index contributed by atoms with van der Waals surface area (Å²) in [5.41, 5.74) is 5.82. The van der Waals surface area contributed by atoms with Crippen LogP contribution in [-0.4, -0.2) is 35.0 Å². The third kappa shape index (κ3) is 4.27. The molecule has 0 aliphatic rings. The van der Waals surface area contributed by atoms with E-state index in [0.717, 1.165) is 0 Å². The van der Waals surface area contributed by atoms with E-state index in [1.165, 1.54) is 24.3 Å². The average molecular weight is 286 g/mol. The Morgan fingerprint density at radius 1 is 1.10 bits per heavy atom. The van der Waals surface area contributed by atoms with E-state index in [-0.39, 0.29) is 6.61 Å². The van der Waals surface area contributed by atoms with Gasteiger partial charge in [-0.3, -0.25) is 4.79 Å². The molecule has 0 saturated heterocycles. The van der Waals surface area contributed by atoms with E-state index in [0.29, 0.717) is 23.6 Å². The number of hydrogen-bond donors (Lipinski definition) is 2. The molecule has 0 atom stereocenters. The van der Waals surface area contributed by atoms with Crippen molar-refractivity contribution in [2.45, 2.75) is 0 Å². The van der Waals surface area contributed by atoms with Crippen molar-refractivity contribution >= 4 is 17.8 Å². The Labute approximate surface area is 121 Å². The Bertz CT molecular complexity index is 614. The van der Waals surface area contributed by atoms with Crippen LogP contribution in [0.3, 0.4) is 0 Å². The minimum Gasteiger partial charge on any atom is -0.460 e. The summed E-state index contributed by atoms with van der Waals surface area (Å²) >= 11 is 0. The lowest BCUT2D eigenvalue weighted by Crippen LogP contribution is -2.15. The van der Waals surface area contributed by atoms with Crippen molar-refractivity contribution in [1.82, 2.24) is 9.97 Å². The van der Waals surface area contributed by atoms with Crippen molar-refractivity contribution in [2.75, 3.05) is 18.5 Å². The smallest absolute Gasteiger partial charge is 0.338 e. The molecule has 1 heterocycles. The average Bonchev–Trinajstić information content (AvgIpc) is 2.52. The molecule has 0 bridgehead atoms. The fraction of sp³-hybridized carbons (Fsp3) is 0.143. The molecule has 7 nitrogen and oxygen atoms in total. The first-order chi connectivity index (χ1) is 10.2. The van der Waals surface area contributed by atoms with Gasteiger partial charge in [-0.15, -0.1) is 0 Å². The van der Waals surface area contributed by atoms with Crippen LogP contribution in [0.1, 0.15) is 20.7 Å². The Morgan fingerprint density at radius 2 is 1.71 bits per heavy atom. The number of benzene rings is 1. The maximum Gasteiger partial charge on any atom is 0.338 e. The molecule has 3 N–H and O–H groups in total. The third-order valence-corrected chi connectivity index (χ3v) is 2.59. The molecule has 0 aliphatic carbocycles. The van der Waals surface area contributed by atoms with Crippen LogP contribution in [0.4, 0.5) is 5.95 Å². The first-order valence-electron chi connectivity index (χ1n) is 6.24. The molecule has 7 heteroatoms. The van der Waals surface area contributed by atoms with Crippen LogP contribution < -0.4 is 11.1 Å². The molecular formula is C14H14N4O3. The van der Waals surface area contributed by atoms with Crippen LogP contribution in [0.15, 0.2) is 42.7 Å². The zero-order chi connectivity index (χ0) is 15.1. The predicted molar refractivity (Wildman–Crippen MR) is 75.8 cm³/mol. The Morgan fingerprint density at radius 3 is 2.33 bits per heavy atom. The van der Waals surface area contributed by atoms with Crippen molar-refractivity contribution in [3.8, 4) is 0 Å². The first-order valence-corrected chi connectivity index (χ1v) is 6.24. The molecule has 0 radical (unpaired) electrons. The molecule has 1 aromatic heterocycles. The topological polar surface area (TPSA) is 107 Å². The van der Waals surface area contributed by atoms with E-state index < -0.39 is 11.9 Å². The van der Waals surface area contributed by atoms with E-state index in [4.69, 9.17) is 10.5 Å². The SMILES string of the molecule is NC(=O)c1ccc(C(=O)OCCNc2ncccn2)cc1. The second-order valence-electron chi connectivity index (χ2n) is 4.08. The van der Waals surface area contributed by atoms with Gasteiger partial charge in [0.05, 0.1) is 12.1 Å². The lowest BCUT2D eigenvalue weighted by Gasteiger charge is -2.06. The number of amides is 1. The van der Waals surface area contributed by atoms with Gasteiger partial charge in [0.1, 0.15) is 6.61 Å². The van der Waals surface area contributed by atoms with E-state index in [1.807, 2.05) is 0 Å². The van der Waals surface area contributed by atoms with Gasteiger partial charge >= 0.3 is 5.97 Å². The summed E-state index contributed by atoms with van der Waals surface area (Å²) in [7, 11) is 0. The monoisotopic (exact) mass is 286 g/mol. The number of nitrogens with one attached hydrogen (secondary N) is 1. The fourth-order valence-corrected chi connectivity index (χ4v) is 1.55. The molecule has 108 valence electrons. The third-order valence-electron chi connectivity index (χ3n) is 2.59. The van der Waals surface area contributed by atoms with E-state index in [2.05, 4.69) is 15.3 Å². The Balaban J connectivity index is 1.78. The number of anilines is 1. The van der Waals surface area contributed by atoms with Crippen molar-refractivity contribution in [1.29, 1.82) is 0 Å². The number of esters is 1. The van der Waals surface area contributed by atoms with E-state index >= 15 is 0 Å². The summed E-state index contributed by atoms with van der Waals surface area (Å²) in [5, 5.41) is 2.91. The summed E-state index contributed by atoms with van der Waals surface area (Å²) < 4.78 is 5.08. The van der Waals surface area contributed by atoms with Gasteiger partial charge in [-0.1, -0.05) is 0 Å². The molecular weight excluding hydrogens is 272 g/mol. The van der Waals surface area contributed by atoms with Crippen LogP contribution in [0, 0.1) is 0 Å². The standard InChI is InChI=1S/C14H14N4O3/c15-12(19)10-2-4-11(5-3-10)13(20)21-9-8-18-14-16-6-1-7-17-14/h1-7H,8-9H2,(H2,15,19)(H,16,17,18). The molecule has 0 spiro atoms. The van der Waals surface area contributed by atoms with E-state index in [9.17, 15) is 9.59 Å². The van der Waals surface area contributed by atoms with Crippen molar-refractivity contribution in [2.24, 2.45) is 5.73 Å². The predicted octanol–water partition coefficient (Wildman–Crippen LogP) is 0.844. The Hall–Kier alpha value is -2.96. The summed E-state index contributed by atoms with van der Waals surface area (Å²) in [6.45, 7) is 0.573. The van der Waals surface area contributed by atoms with Crippen LogP contribution in [0.5, 0.6) is 0 Å². The van der Waals surface area contributed by atoms with Gasteiger partial charge in [-0.05, 0) is 30.3 Å². The summed E-state index contributed by atoms with van der Waals surface area (Å²) in [4.78, 5) is 30.6. The minimum atomic E-state index is -0.540. The maximum atomic E-state index is 11.7. The quantitative estimate of drug-likeness (QED) is 0.602.